The predicted molar refractivity (Wildman–Crippen MR) is 76.0 cm³/mol. The van der Waals surface area contributed by atoms with Crippen LogP contribution in [0.3, 0.4) is 0 Å². The fourth-order valence-corrected chi connectivity index (χ4v) is 3.31. The number of rotatable bonds is 6. The lowest BCUT2D eigenvalue weighted by molar-refractivity contribution is 0.873. The SMILES string of the molecule is CSN(SC)/C(C#N)=C(/C#N)N(SC)SC. The second kappa shape index (κ2) is 8.82. The highest BCUT2D eigenvalue weighted by Gasteiger charge is 2.19. The van der Waals surface area contributed by atoms with Crippen molar-refractivity contribution in [3.05, 3.63) is 11.4 Å². The maximum atomic E-state index is 9.13. The highest BCUT2D eigenvalue weighted by molar-refractivity contribution is 8.12. The van der Waals surface area contributed by atoms with E-state index in [-0.39, 0.29) is 0 Å². The number of nitrogens with zero attached hydrogens (tertiary/aromatic N) is 4. The third kappa shape index (κ3) is 3.95. The van der Waals surface area contributed by atoms with Gasteiger partial charge in [0.2, 0.25) is 0 Å². The summed E-state index contributed by atoms with van der Waals surface area (Å²) in [6.45, 7) is 0. The average Bonchev–Trinajstić information content (AvgIpc) is 2.33. The molecule has 0 spiro atoms. The van der Waals surface area contributed by atoms with Crippen molar-refractivity contribution in [1.29, 1.82) is 10.5 Å². The Hall–Kier alpha value is -0.280. The Bertz CT molecular complexity index is 290. The Labute approximate surface area is 114 Å². The van der Waals surface area contributed by atoms with Crippen LogP contribution in [0.25, 0.3) is 0 Å². The minimum absolute atomic E-state index is 0.367. The van der Waals surface area contributed by atoms with Gasteiger partial charge in [-0.2, -0.15) is 10.5 Å². The van der Waals surface area contributed by atoms with E-state index in [0.717, 1.165) is 0 Å². The Morgan fingerprint density at radius 2 is 1.00 bits per heavy atom. The zero-order valence-electron chi connectivity index (χ0n) is 9.42. The summed E-state index contributed by atoms with van der Waals surface area (Å²) >= 11 is 5.62. The lowest BCUT2D eigenvalue weighted by atomic mass is 10.4. The zero-order valence-corrected chi connectivity index (χ0v) is 12.7. The molecule has 0 bridgehead atoms. The van der Waals surface area contributed by atoms with Gasteiger partial charge in [-0.15, -0.1) is 0 Å². The van der Waals surface area contributed by atoms with E-state index in [4.69, 9.17) is 10.5 Å². The maximum Gasteiger partial charge on any atom is 0.173 e. The number of hydrogen-bond acceptors (Lipinski definition) is 8. The molecule has 0 rings (SSSR count). The molecule has 0 aliphatic carbocycles. The number of nitriles is 2. The highest BCUT2D eigenvalue weighted by atomic mass is 32.2. The molecule has 0 unspecified atom stereocenters. The molecule has 0 saturated heterocycles. The molecule has 0 N–H and O–H groups in total. The molecule has 0 aromatic rings. The van der Waals surface area contributed by atoms with Crippen LogP contribution in [-0.2, 0) is 0 Å². The van der Waals surface area contributed by atoms with E-state index in [9.17, 15) is 0 Å². The average molecular weight is 292 g/mol. The minimum Gasteiger partial charge on any atom is -0.246 e. The van der Waals surface area contributed by atoms with Crippen molar-refractivity contribution in [2.24, 2.45) is 0 Å². The van der Waals surface area contributed by atoms with Crippen LogP contribution in [-0.4, -0.2) is 32.4 Å². The topological polar surface area (TPSA) is 54.1 Å². The Balaban J connectivity index is 5.39. The molecular weight excluding hydrogens is 280 g/mol. The number of hydrogen-bond donors (Lipinski definition) is 0. The van der Waals surface area contributed by atoms with Crippen LogP contribution in [0.4, 0.5) is 0 Å². The van der Waals surface area contributed by atoms with Crippen LogP contribution in [0.2, 0.25) is 0 Å². The first kappa shape index (κ1) is 15.7. The summed E-state index contributed by atoms with van der Waals surface area (Å²) in [4.78, 5) is 0. The van der Waals surface area contributed by atoms with Crippen molar-refractivity contribution in [2.45, 2.75) is 0 Å². The molecular formula is C8H12N4S4. The first-order chi connectivity index (χ1) is 7.69. The lowest BCUT2D eigenvalue weighted by Crippen LogP contribution is -2.13. The monoisotopic (exact) mass is 292 g/mol. The molecule has 0 saturated carbocycles. The molecule has 0 aliphatic heterocycles. The molecule has 0 fully saturated rings. The Morgan fingerprint density at radius 1 is 0.750 bits per heavy atom. The lowest BCUT2D eigenvalue weighted by Gasteiger charge is -2.22. The van der Waals surface area contributed by atoms with Crippen molar-refractivity contribution in [2.75, 3.05) is 25.0 Å². The summed E-state index contributed by atoms with van der Waals surface area (Å²) in [5.74, 6) is 0. The molecule has 0 amide bonds. The van der Waals surface area contributed by atoms with Crippen molar-refractivity contribution < 1.29 is 0 Å². The molecule has 0 aromatic heterocycles. The molecule has 88 valence electrons. The van der Waals surface area contributed by atoms with Gasteiger partial charge in [0.15, 0.2) is 11.4 Å². The van der Waals surface area contributed by atoms with Crippen molar-refractivity contribution in [1.82, 2.24) is 7.42 Å². The van der Waals surface area contributed by atoms with Gasteiger partial charge in [-0.25, -0.2) is 7.42 Å². The van der Waals surface area contributed by atoms with Gasteiger partial charge >= 0.3 is 0 Å². The van der Waals surface area contributed by atoms with E-state index in [1.54, 1.807) is 7.42 Å². The van der Waals surface area contributed by atoms with E-state index in [1.165, 1.54) is 47.8 Å². The van der Waals surface area contributed by atoms with Crippen molar-refractivity contribution >= 4 is 47.8 Å². The quantitative estimate of drug-likeness (QED) is 0.547. The van der Waals surface area contributed by atoms with Crippen LogP contribution in [0.15, 0.2) is 11.4 Å². The van der Waals surface area contributed by atoms with Gasteiger partial charge in [-0.05, 0) is 47.8 Å². The molecule has 0 heterocycles. The van der Waals surface area contributed by atoms with Gasteiger partial charge in [0.25, 0.3) is 0 Å². The van der Waals surface area contributed by atoms with E-state index in [0.29, 0.717) is 11.4 Å². The standard InChI is InChI=1S/C8H12N4S4/c1-13-11(14-2)7(5-9)8(6-10)12(15-3)16-4/h1-4H3/b8-7-. The van der Waals surface area contributed by atoms with Crippen LogP contribution >= 0.6 is 47.8 Å². The first-order valence-corrected chi connectivity index (χ1v) is 8.73. The van der Waals surface area contributed by atoms with Crippen LogP contribution in [0.1, 0.15) is 0 Å². The summed E-state index contributed by atoms with van der Waals surface area (Å²) in [7, 11) is 0. The smallest absolute Gasteiger partial charge is 0.173 e. The molecule has 0 radical (unpaired) electrons. The fraction of sp³-hybridized carbons (Fsp3) is 0.500. The van der Waals surface area contributed by atoms with Gasteiger partial charge in [-0.3, -0.25) is 0 Å². The maximum absolute atomic E-state index is 9.13. The van der Waals surface area contributed by atoms with Crippen LogP contribution < -0.4 is 0 Å². The Morgan fingerprint density at radius 3 is 1.12 bits per heavy atom. The summed E-state index contributed by atoms with van der Waals surface area (Å²) in [5, 5.41) is 18.3. The van der Waals surface area contributed by atoms with Gasteiger partial charge in [0, 0.05) is 25.0 Å². The summed E-state index contributed by atoms with van der Waals surface area (Å²) in [6.07, 6.45) is 7.47. The first-order valence-electron chi connectivity index (χ1n) is 4.01. The summed E-state index contributed by atoms with van der Waals surface area (Å²) in [6, 6.07) is 4.15. The summed E-state index contributed by atoms with van der Waals surface area (Å²) in [5.41, 5.74) is 0.734. The van der Waals surface area contributed by atoms with Gasteiger partial charge in [0.1, 0.15) is 12.1 Å². The van der Waals surface area contributed by atoms with Gasteiger partial charge in [-0.1, -0.05) is 0 Å². The van der Waals surface area contributed by atoms with E-state index >= 15 is 0 Å². The van der Waals surface area contributed by atoms with E-state index in [2.05, 4.69) is 12.1 Å². The molecule has 8 heteroatoms. The van der Waals surface area contributed by atoms with Gasteiger partial charge in [0.05, 0.1) is 0 Å². The van der Waals surface area contributed by atoms with Crippen molar-refractivity contribution in [3.63, 3.8) is 0 Å². The highest BCUT2D eigenvalue weighted by Crippen LogP contribution is 2.31. The Kier molecular flexibility index (Phi) is 8.67. The third-order valence-electron chi connectivity index (χ3n) is 1.46. The molecule has 0 atom stereocenters. The summed E-state index contributed by atoms with van der Waals surface area (Å²) < 4.78 is 3.44. The van der Waals surface area contributed by atoms with Crippen molar-refractivity contribution in [3.8, 4) is 12.1 Å². The second-order valence-corrected chi connectivity index (χ2v) is 5.55. The minimum atomic E-state index is 0.367. The molecule has 16 heavy (non-hydrogen) atoms. The van der Waals surface area contributed by atoms with Gasteiger partial charge < -0.3 is 0 Å². The zero-order chi connectivity index (χ0) is 12.6. The molecule has 4 nitrogen and oxygen atoms in total. The molecule has 0 aromatic carbocycles. The normalized spacial score (nSPS) is 11.1. The van der Waals surface area contributed by atoms with E-state index in [1.807, 2.05) is 25.0 Å². The third-order valence-corrected chi connectivity index (χ3v) is 5.31. The van der Waals surface area contributed by atoms with Crippen LogP contribution in [0, 0.1) is 22.7 Å². The molecule has 0 aliphatic rings. The van der Waals surface area contributed by atoms with E-state index < -0.39 is 0 Å². The second-order valence-electron chi connectivity index (χ2n) is 2.17. The fourth-order valence-electron chi connectivity index (χ4n) is 0.875. The largest absolute Gasteiger partial charge is 0.246 e. The van der Waals surface area contributed by atoms with Crippen LogP contribution in [0.5, 0.6) is 0 Å². The predicted octanol–water partition coefficient (Wildman–Crippen LogP) is 2.96. The number of allylic oxidation sites excluding steroid dienone is 2.